The third-order valence-electron chi connectivity index (χ3n) is 5.62. The number of benzene rings is 2. The molecule has 1 aliphatic heterocycles. The van der Waals surface area contributed by atoms with E-state index in [4.69, 9.17) is 0 Å². The maximum Gasteiger partial charge on any atom is 0.279 e. The van der Waals surface area contributed by atoms with E-state index in [1.54, 1.807) is 0 Å². The Morgan fingerprint density at radius 2 is 1.93 bits per heavy atom. The van der Waals surface area contributed by atoms with Crippen LogP contribution in [0.15, 0.2) is 60.8 Å². The SMILES string of the molecule is Cc1ccc(NC(=O)C[NH+]2CCn3cccc3[C@@H]2c2ccc(F)cc2)cc1C. The van der Waals surface area contributed by atoms with Crippen molar-refractivity contribution in [1.29, 1.82) is 0 Å². The Kier molecular flexibility index (Phi) is 5.01. The molecule has 0 radical (unpaired) electrons. The van der Waals surface area contributed by atoms with Crippen LogP contribution in [-0.4, -0.2) is 23.6 Å². The van der Waals surface area contributed by atoms with Gasteiger partial charge in [0.2, 0.25) is 0 Å². The van der Waals surface area contributed by atoms with E-state index in [-0.39, 0.29) is 17.8 Å². The maximum atomic E-state index is 13.4. The zero-order valence-electron chi connectivity index (χ0n) is 16.2. The van der Waals surface area contributed by atoms with Gasteiger partial charge in [-0.05, 0) is 73.5 Å². The quantitative estimate of drug-likeness (QED) is 0.720. The fourth-order valence-corrected chi connectivity index (χ4v) is 3.99. The first kappa shape index (κ1) is 18.4. The number of halogens is 1. The van der Waals surface area contributed by atoms with Crippen LogP contribution in [0.1, 0.15) is 28.4 Å². The van der Waals surface area contributed by atoms with Gasteiger partial charge in [-0.25, -0.2) is 4.39 Å². The molecule has 1 aromatic heterocycles. The summed E-state index contributed by atoms with van der Waals surface area (Å²) in [6, 6.07) is 16.7. The molecule has 1 aliphatic rings. The van der Waals surface area contributed by atoms with Gasteiger partial charge in [0.1, 0.15) is 5.82 Å². The van der Waals surface area contributed by atoms with Crippen molar-refractivity contribution in [3.05, 3.63) is 89.0 Å². The highest BCUT2D eigenvalue weighted by atomic mass is 19.1. The van der Waals surface area contributed by atoms with E-state index in [1.807, 2.05) is 43.3 Å². The van der Waals surface area contributed by atoms with E-state index >= 15 is 0 Å². The lowest BCUT2D eigenvalue weighted by atomic mass is 10.00. The Morgan fingerprint density at radius 3 is 2.68 bits per heavy atom. The predicted molar refractivity (Wildman–Crippen MR) is 108 cm³/mol. The van der Waals surface area contributed by atoms with Crippen molar-refractivity contribution in [3.8, 4) is 0 Å². The lowest BCUT2D eigenvalue weighted by Gasteiger charge is -2.33. The normalized spacial score (nSPS) is 18.5. The molecular weight excluding hydrogens is 353 g/mol. The average molecular weight is 378 g/mol. The summed E-state index contributed by atoms with van der Waals surface area (Å²) in [6.45, 7) is 6.16. The lowest BCUT2D eigenvalue weighted by Crippen LogP contribution is -3.14. The summed E-state index contributed by atoms with van der Waals surface area (Å²) in [6.07, 6.45) is 2.07. The number of hydrogen-bond donors (Lipinski definition) is 2. The van der Waals surface area contributed by atoms with Crippen LogP contribution in [0.25, 0.3) is 0 Å². The lowest BCUT2D eigenvalue weighted by molar-refractivity contribution is -0.922. The minimum atomic E-state index is -0.246. The summed E-state index contributed by atoms with van der Waals surface area (Å²) in [5.74, 6) is -0.255. The number of amides is 1. The van der Waals surface area contributed by atoms with Gasteiger partial charge >= 0.3 is 0 Å². The number of aromatic nitrogens is 1. The van der Waals surface area contributed by atoms with Crippen LogP contribution < -0.4 is 10.2 Å². The molecule has 4 rings (SSSR count). The second-order valence-corrected chi connectivity index (χ2v) is 7.54. The summed E-state index contributed by atoms with van der Waals surface area (Å²) >= 11 is 0. The molecule has 28 heavy (non-hydrogen) atoms. The number of carbonyl (C=O) groups is 1. The van der Waals surface area contributed by atoms with Crippen LogP contribution in [0.4, 0.5) is 10.1 Å². The fourth-order valence-electron chi connectivity index (χ4n) is 3.99. The van der Waals surface area contributed by atoms with Crippen LogP contribution >= 0.6 is 0 Å². The van der Waals surface area contributed by atoms with E-state index in [9.17, 15) is 9.18 Å². The standard InChI is InChI=1S/C23H24FN3O/c1-16-5-10-20(14-17(16)2)25-22(28)15-27-13-12-26-11-3-4-21(26)23(27)18-6-8-19(24)9-7-18/h3-11,14,23H,12-13,15H2,1-2H3,(H,25,28)/p+1/t23-/m0/s1. The van der Waals surface area contributed by atoms with Crippen molar-refractivity contribution in [2.45, 2.75) is 26.4 Å². The Bertz CT molecular complexity index is 993. The number of aryl methyl sites for hydroxylation is 2. The second-order valence-electron chi connectivity index (χ2n) is 7.54. The Hall–Kier alpha value is -2.92. The summed E-state index contributed by atoms with van der Waals surface area (Å²) in [5.41, 5.74) is 5.37. The van der Waals surface area contributed by atoms with Crippen molar-refractivity contribution < 1.29 is 14.1 Å². The van der Waals surface area contributed by atoms with Crippen molar-refractivity contribution in [2.75, 3.05) is 18.4 Å². The molecule has 144 valence electrons. The molecule has 2 heterocycles. The molecule has 2 aromatic carbocycles. The molecule has 2 N–H and O–H groups in total. The van der Waals surface area contributed by atoms with Gasteiger partial charge in [-0.2, -0.15) is 0 Å². The molecule has 0 bridgehead atoms. The Morgan fingerprint density at radius 1 is 1.14 bits per heavy atom. The highest BCUT2D eigenvalue weighted by molar-refractivity contribution is 5.91. The number of nitrogens with one attached hydrogen (secondary N) is 2. The zero-order chi connectivity index (χ0) is 19.7. The van der Waals surface area contributed by atoms with Crippen LogP contribution in [0, 0.1) is 19.7 Å². The van der Waals surface area contributed by atoms with Crippen molar-refractivity contribution >= 4 is 11.6 Å². The zero-order valence-corrected chi connectivity index (χ0v) is 16.2. The molecule has 0 aliphatic carbocycles. The first-order chi connectivity index (χ1) is 13.5. The van der Waals surface area contributed by atoms with Crippen molar-refractivity contribution in [2.24, 2.45) is 0 Å². The molecule has 0 spiro atoms. The highest BCUT2D eigenvalue weighted by Gasteiger charge is 2.33. The van der Waals surface area contributed by atoms with Crippen LogP contribution in [0.3, 0.4) is 0 Å². The van der Waals surface area contributed by atoms with E-state index in [0.29, 0.717) is 6.54 Å². The van der Waals surface area contributed by atoms with E-state index in [2.05, 4.69) is 29.1 Å². The molecule has 1 unspecified atom stereocenters. The smallest absolute Gasteiger partial charge is 0.279 e. The molecule has 2 atom stereocenters. The van der Waals surface area contributed by atoms with Crippen molar-refractivity contribution in [3.63, 3.8) is 0 Å². The van der Waals surface area contributed by atoms with E-state index in [0.717, 1.165) is 35.6 Å². The summed E-state index contributed by atoms with van der Waals surface area (Å²) in [5, 5.41) is 3.03. The van der Waals surface area contributed by atoms with Gasteiger partial charge in [-0.3, -0.25) is 4.79 Å². The molecule has 0 saturated heterocycles. The van der Waals surface area contributed by atoms with Gasteiger partial charge in [0.05, 0.1) is 18.8 Å². The molecule has 5 heteroatoms. The molecule has 1 amide bonds. The van der Waals surface area contributed by atoms with E-state index < -0.39 is 0 Å². The van der Waals surface area contributed by atoms with Gasteiger partial charge in [0.25, 0.3) is 5.91 Å². The number of nitrogens with zero attached hydrogens (tertiary/aromatic N) is 1. The van der Waals surface area contributed by atoms with Crippen molar-refractivity contribution in [1.82, 2.24) is 4.57 Å². The minimum Gasteiger partial charge on any atom is -0.340 e. The number of quaternary nitrogens is 1. The Labute approximate surface area is 164 Å². The fraction of sp³-hybridized carbons (Fsp3) is 0.261. The van der Waals surface area contributed by atoms with Crippen LogP contribution in [0.2, 0.25) is 0 Å². The number of hydrogen-bond acceptors (Lipinski definition) is 1. The number of fused-ring (bicyclic) bond motifs is 1. The summed E-state index contributed by atoms with van der Waals surface area (Å²) in [7, 11) is 0. The number of rotatable bonds is 4. The summed E-state index contributed by atoms with van der Waals surface area (Å²) in [4.78, 5) is 13.9. The van der Waals surface area contributed by atoms with Gasteiger partial charge in [0, 0.05) is 17.4 Å². The molecule has 0 saturated carbocycles. The molecular formula is C23H25FN3O+. The molecule has 3 aromatic rings. The first-order valence-corrected chi connectivity index (χ1v) is 9.63. The average Bonchev–Trinajstić information content (AvgIpc) is 3.14. The van der Waals surface area contributed by atoms with Crippen LogP contribution in [-0.2, 0) is 11.3 Å². The predicted octanol–water partition coefficient (Wildman–Crippen LogP) is 2.87. The topological polar surface area (TPSA) is 38.5 Å². The largest absolute Gasteiger partial charge is 0.340 e. The maximum absolute atomic E-state index is 13.4. The monoisotopic (exact) mass is 378 g/mol. The third-order valence-corrected chi connectivity index (χ3v) is 5.62. The highest BCUT2D eigenvalue weighted by Crippen LogP contribution is 2.22. The van der Waals surface area contributed by atoms with Gasteiger partial charge in [-0.15, -0.1) is 0 Å². The number of carbonyl (C=O) groups excluding carboxylic acids is 1. The van der Waals surface area contributed by atoms with Gasteiger partial charge in [-0.1, -0.05) is 6.07 Å². The van der Waals surface area contributed by atoms with E-state index in [1.165, 1.54) is 22.6 Å². The number of anilines is 1. The second kappa shape index (κ2) is 7.60. The van der Waals surface area contributed by atoms with Gasteiger partial charge < -0.3 is 14.8 Å². The molecule has 4 nitrogen and oxygen atoms in total. The molecule has 0 fully saturated rings. The van der Waals surface area contributed by atoms with Crippen LogP contribution in [0.5, 0.6) is 0 Å². The first-order valence-electron chi connectivity index (χ1n) is 9.63. The Balaban J connectivity index is 1.56. The summed E-state index contributed by atoms with van der Waals surface area (Å²) < 4.78 is 15.6. The minimum absolute atomic E-state index is 0.00892. The third kappa shape index (κ3) is 3.71. The van der Waals surface area contributed by atoms with Gasteiger partial charge in [0.15, 0.2) is 12.6 Å².